The molecule has 0 saturated carbocycles. The lowest BCUT2D eigenvalue weighted by Gasteiger charge is -2.09. The summed E-state index contributed by atoms with van der Waals surface area (Å²) in [6.45, 7) is 0.709. The van der Waals surface area contributed by atoms with E-state index in [0.717, 1.165) is 11.3 Å². The fraction of sp³-hybridized carbons (Fsp3) is 0.250. The van der Waals surface area contributed by atoms with E-state index in [2.05, 4.69) is 0 Å². The summed E-state index contributed by atoms with van der Waals surface area (Å²) in [6.07, 6.45) is 0.707. The molecule has 4 heteroatoms. The molecular formula is C16H18FNO2. The van der Waals surface area contributed by atoms with Crippen LogP contribution in [0, 0.1) is 5.82 Å². The number of hydrogen-bond acceptors (Lipinski definition) is 3. The normalized spacial score (nSPS) is 10.5. The van der Waals surface area contributed by atoms with Gasteiger partial charge in [0, 0.05) is 11.3 Å². The van der Waals surface area contributed by atoms with E-state index in [-0.39, 0.29) is 18.2 Å². The molecule has 0 atom stereocenters. The number of ether oxygens (including phenoxy) is 2. The Morgan fingerprint density at radius 1 is 1.05 bits per heavy atom. The van der Waals surface area contributed by atoms with Gasteiger partial charge in [-0.05, 0) is 24.1 Å². The molecule has 0 heterocycles. The van der Waals surface area contributed by atoms with Crippen LogP contribution in [0.4, 0.5) is 10.1 Å². The fourth-order valence-corrected chi connectivity index (χ4v) is 1.95. The van der Waals surface area contributed by atoms with E-state index in [4.69, 9.17) is 15.2 Å². The standard InChI is InChI=1S/C16H18FNO2/c1-19-15-8-4-6-13(16(15)17)11-20-10-9-12-5-2-3-7-14(12)18/h2-8H,9-11,18H2,1H3. The summed E-state index contributed by atoms with van der Waals surface area (Å²) in [4.78, 5) is 0. The average Bonchev–Trinajstić information content (AvgIpc) is 2.47. The minimum Gasteiger partial charge on any atom is -0.494 e. The lowest BCUT2D eigenvalue weighted by Crippen LogP contribution is -2.03. The van der Waals surface area contributed by atoms with Crippen LogP contribution >= 0.6 is 0 Å². The van der Waals surface area contributed by atoms with Crippen molar-refractivity contribution in [2.75, 3.05) is 19.5 Å². The first-order valence-corrected chi connectivity index (χ1v) is 6.45. The van der Waals surface area contributed by atoms with Gasteiger partial charge in [0.2, 0.25) is 0 Å². The number of benzene rings is 2. The van der Waals surface area contributed by atoms with Gasteiger partial charge >= 0.3 is 0 Å². The molecule has 0 radical (unpaired) electrons. The van der Waals surface area contributed by atoms with Crippen LogP contribution in [0.15, 0.2) is 42.5 Å². The maximum Gasteiger partial charge on any atom is 0.170 e. The maximum absolute atomic E-state index is 13.9. The van der Waals surface area contributed by atoms with E-state index in [1.807, 2.05) is 24.3 Å². The van der Waals surface area contributed by atoms with Crippen molar-refractivity contribution in [2.24, 2.45) is 0 Å². The summed E-state index contributed by atoms with van der Waals surface area (Å²) in [6, 6.07) is 12.7. The molecule has 20 heavy (non-hydrogen) atoms. The van der Waals surface area contributed by atoms with Crippen molar-refractivity contribution >= 4 is 5.69 Å². The zero-order valence-corrected chi connectivity index (χ0v) is 11.4. The number of methoxy groups -OCH3 is 1. The van der Waals surface area contributed by atoms with Crippen LogP contribution in [0.2, 0.25) is 0 Å². The highest BCUT2D eigenvalue weighted by atomic mass is 19.1. The minimum absolute atomic E-state index is 0.218. The molecule has 0 aliphatic rings. The zero-order valence-electron chi connectivity index (χ0n) is 11.4. The molecule has 2 N–H and O–H groups in total. The summed E-state index contributed by atoms with van der Waals surface area (Å²) in [7, 11) is 1.45. The van der Waals surface area contributed by atoms with Crippen molar-refractivity contribution in [3.8, 4) is 5.75 Å². The first kappa shape index (κ1) is 14.3. The summed E-state index contributed by atoms with van der Waals surface area (Å²) >= 11 is 0. The van der Waals surface area contributed by atoms with Gasteiger partial charge in [-0.25, -0.2) is 4.39 Å². The lowest BCUT2D eigenvalue weighted by atomic mass is 10.1. The highest BCUT2D eigenvalue weighted by Gasteiger charge is 2.08. The molecule has 0 bridgehead atoms. The molecule has 0 unspecified atom stereocenters. The van der Waals surface area contributed by atoms with E-state index < -0.39 is 0 Å². The van der Waals surface area contributed by atoms with Gasteiger partial charge in [-0.2, -0.15) is 0 Å². The summed E-state index contributed by atoms with van der Waals surface area (Å²) in [5.41, 5.74) is 8.13. The lowest BCUT2D eigenvalue weighted by molar-refractivity contribution is 0.121. The molecule has 106 valence electrons. The molecule has 0 aliphatic carbocycles. The van der Waals surface area contributed by atoms with E-state index in [1.165, 1.54) is 7.11 Å². The molecule has 2 aromatic carbocycles. The second kappa shape index (κ2) is 6.91. The number of halogens is 1. The van der Waals surface area contributed by atoms with Crippen molar-refractivity contribution in [1.82, 2.24) is 0 Å². The molecule has 3 nitrogen and oxygen atoms in total. The minimum atomic E-state index is -0.366. The first-order valence-electron chi connectivity index (χ1n) is 6.45. The second-order valence-electron chi connectivity index (χ2n) is 4.43. The van der Waals surface area contributed by atoms with Gasteiger partial charge < -0.3 is 15.2 Å². The molecule has 0 amide bonds. The summed E-state index contributed by atoms with van der Waals surface area (Å²) in [5.74, 6) is -0.132. The Labute approximate surface area is 118 Å². The zero-order chi connectivity index (χ0) is 14.4. The Kier molecular flexibility index (Phi) is 4.96. The predicted octanol–water partition coefficient (Wildman–Crippen LogP) is 3.18. The van der Waals surface area contributed by atoms with Crippen molar-refractivity contribution in [1.29, 1.82) is 0 Å². The molecular weight excluding hydrogens is 257 g/mol. The first-order chi connectivity index (χ1) is 9.72. The van der Waals surface area contributed by atoms with E-state index in [1.54, 1.807) is 18.2 Å². The van der Waals surface area contributed by atoms with Gasteiger partial charge in [-0.3, -0.25) is 0 Å². The number of nitrogens with two attached hydrogens (primary N) is 1. The Bertz CT molecular complexity index is 572. The number of anilines is 1. The highest BCUT2D eigenvalue weighted by Crippen LogP contribution is 2.20. The smallest absolute Gasteiger partial charge is 0.170 e. The van der Waals surface area contributed by atoms with Crippen molar-refractivity contribution < 1.29 is 13.9 Å². The van der Waals surface area contributed by atoms with Crippen LogP contribution in [0.1, 0.15) is 11.1 Å². The average molecular weight is 275 g/mol. The van der Waals surface area contributed by atoms with Crippen molar-refractivity contribution in [2.45, 2.75) is 13.0 Å². The fourth-order valence-electron chi connectivity index (χ4n) is 1.95. The van der Waals surface area contributed by atoms with Gasteiger partial charge in [0.1, 0.15) is 0 Å². The van der Waals surface area contributed by atoms with Crippen molar-refractivity contribution in [3.05, 3.63) is 59.4 Å². The van der Waals surface area contributed by atoms with Gasteiger partial charge in [-0.15, -0.1) is 0 Å². The molecule has 2 rings (SSSR count). The molecule has 0 fully saturated rings. The molecule has 2 aromatic rings. The van der Waals surface area contributed by atoms with E-state index in [9.17, 15) is 4.39 Å². The largest absolute Gasteiger partial charge is 0.494 e. The summed E-state index contributed by atoms with van der Waals surface area (Å²) in [5, 5.41) is 0. The third kappa shape index (κ3) is 3.48. The van der Waals surface area contributed by atoms with Crippen LogP contribution in [-0.4, -0.2) is 13.7 Å². The van der Waals surface area contributed by atoms with Gasteiger partial charge in [0.05, 0.1) is 20.3 Å². The topological polar surface area (TPSA) is 44.5 Å². The Morgan fingerprint density at radius 2 is 1.80 bits per heavy atom. The molecule has 0 aliphatic heterocycles. The van der Waals surface area contributed by atoms with Crippen molar-refractivity contribution in [3.63, 3.8) is 0 Å². The molecule has 0 spiro atoms. The second-order valence-corrected chi connectivity index (χ2v) is 4.43. The van der Waals surface area contributed by atoms with Gasteiger partial charge in [0.15, 0.2) is 11.6 Å². The Morgan fingerprint density at radius 3 is 2.55 bits per heavy atom. The number of hydrogen-bond donors (Lipinski definition) is 1. The molecule has 0 saturated heterocycles. The highest BCUT2D eigenvalue weighted by molar-refractivity contribution is 5.46. The van der Waals surface area contributed by atoms with Crippen LogP contribution in [0.5, 0.6) is 5.75 Å². The van der Waals surface area contributed by atoms with Gasteiger partial charge in [-0.1, -0.05) is 30.3 Å². The Hall–Kier alpha value is -2.07. The maximum atomic E-state index is 13.9. The quantitative estimate of drug-likeness (QED) is 0.650. The van der Waals surface area contributed by atoms with Gasteiger partial charge in [0.25, 0.3) is 0 Å². The third-order valence-electron chi connectivity index (χ3n) is 3.09. The third-order valence-corrected chi connectivity index (χ3v) is 3.09. The molecule has 0 aromatic heterocycles. The number of rotatable bonds is 6. The monoisotopic (exact) mass is 275 g/mol. The van der Waals surface area contributed by atoms with E-state index >= 15 is 0 Å². The van der Waals surface area contributed by atoms with Crippen LogP contribution in [0.25, 0.3) is 0 Å². The van der Waals surface area contributed by atoms with E-state index in [0.29, 0.717) is 18.6 Å². The predicted molar refractivity (Wildman–Crippen MR) is 77.2 cm³/mol. The van der Waals surface area contributed by atoms with Crippen LogP contribution in [0.3, 0.4) is 0 Å². The number of para-hydroxylation sites is 1. The number of nitrogen functional groups attached to an aromatic ring is 1. The summed E-state index contributed by atoms with van der Waals surface area (Å²) < 4.78 is 24.3. The van der Waals surface area contributed by atoms with Crippen LogP contribution < -0.4 is 10.5 Å². The Balaban J connectivity index is 1.86. The SMILES string of the molecule is COc1cccc(COCCc2ccccc2N)c1F. The van der Waals surface area contributed by atoms with Crippen LogP contribution in [-0.2, 0) is 17.8 Å².